The summed E-state index contributed by atoms with van der Waals surface area (Å²) in [6.45, 7) is 9.22. The summed E-state index contributed by atoms with van der Waals surface area (Å²) in [5.41, 5.74) is 4.78. The number of aryl methyl sites for hydroxylation is 2. The van der Waals surface area contributed by atoms with Crippen LogP contribution in [0.1, 0.15) is 18.1 Å². The summed E-state index contributed by atoms with van der Waals surface area (Å²) in [7, 11) is 2.15. The highest BCUT2D eigenvalue weighted by atomic mass is 15.3. The summed E-state index contributed by atoms with van der Waals surface area (Å²) in [5.74, 6) is 1.40. The van der Waals surface area contributed by atoms with Crippen LogP contribution in [-0.2, 0) is 0 Å². The molecule has 0 saturated carbocycles. The number of rotatable bonds is 3. The molecule has 2 aromatic heterocycles. The molecule has 1 aliphatic rings. The van der Waals surface area contributed by atoms with Crippen LogP contribution < -0.4 is 10.2 Å². The number of fused-ring (bicyclic) bond motifs is 1. The van der Waals surface area contributed by atoms with E-state index < -0.39 is 0 Å². The van der Waals surface area contributed by atoms with Gasteiger partial charge in [-0.15, -0.1) is 0 Å². The number of benzene rings is 1. The van der Waals surface area contributed by atoms with Gasteiger partial charge in [0.1, 0.15) is 0 Å². The van der Waals surface area contributed by atoms with Gasteiger partial charge in [0.25, 0.3) is 0 Å². The molecule has 3 heterocycles. The minimum absolute atomic E-state index is 0.455. The molecule has 140 valence electrons. The summed E-state index contributed by atoms with van der Waals surface area (Å²) in [6.07, 6.45) is 3.35. The minimum Gasteiger partial charge on any atom is -0.338 e. The third-order valence-electron chi connectivity index (χ3n) is 5.33. The van der Waals surface area contributed by atoms with Crippen molar-refractivity contribution < 1.29 is 0 Å². The van der Waals surface area contributed by atoms with Crippen LogP contribution in [0.4, 0.5) is 17.5 Å². The van der Waals surface area contributed by atoms with Crippen LogP contribution in [0.2, 0.25) is 0 Å². The molecule has 0 unspecified atom stereocenters. The monoisotopic (exact) mass is 363 g/mol. The van der Waals surface area contributed by atoms with Crippen LogP contribution >= 0.6 is 0 Å². The van der Waals surface area contributed by atoms with E-state index in [1.54, 1.807) is 12.4 Å². The van der Waals surface area contributed by atoms with Gasteiger partial charge in [-0.25, -0.2) is 9.97 Å². The Bertz CT molecular complexity index is 972. The molecule has 0 amide bonds. The van der Waals surface area contributed by atoms with Crippen LogP contribution in [0.15, 0.2) is 30.6 Å². The lowest BCUT2D eigenvalue weighted by atomic mass is 10.1. The fourth-order valence-corrected chi connectivity index (χ4v) is 3.27. The fourth-order valence-electron chi connectivity index (χ4n) is 3.27. The van der Waals surface area contributed by atoms with E-state index in [0.717, 1.165) is 25.3 Å². The zero-order valence-electron chi connectivity index (χ0n) is 16.3. The number of nitrogens with one attached hydrogen (secondary N) is 1. The van der Waals surface area contributed by atoms with Gasteiger partial charge in [-0.1, -0.05) is 6.07 Å². The number of aromatic nitrogens is 4. The normalized spacial score (nSPS) is 18.1. The molecule has 27 heavy (non-hydrogen) atoms. The van der Waals surface area contributed by atoms with Gasteiger partial charge >= 0.3 is 0 Å². The Kier molecular flexibility index (Phi) is 4.61. The first-order chi connectivity index (χ1) is 13.0. The minimum atomic E-state index is 0.455. The van der Waals surface area contributed by atoms with Gasteiger partial charge in [0.2, 0.25) is 5.95 Å². The predicted octanol–water partition coefficient (Wildman–Crippen LogP) is 2.92. The Balaban J connectivity index is 1.73. The van der Waals surface area contributed by atoms with E-state index >= 15 is 0 Å². The maximum Gasteiger partial charge on any atom is 0.229 e. The van der Waals surface area contributed by atoms with Crippen molar-refractivity contribution in [1.82, 2.24) is 24.8 Å². The van der Waals surface area contributed by atoms with Crippen molar-refractivity contribution in [2.24, 2.45) is 0 Å². The zero-order valence-corrected chi connectivity index (χ0v) is 16.3. The predicted molar refractivity (Wildman–Crippen MR) is 109 cm³/mol. The van der Waals surface area contributed by atoms with E-state index in [0.29, 0.717) is 29.0 Å². The van der Waals surface area contributed by atoms with Crippen LogP contribution in [0.5, 0.6) is 0 Å². The molecule has 1 fully saturated rings. The van der Waals surface area contributed by atoms with Gasteiger partial charge in [0.15, 0.2) is 17.0 Å². The molecule has 1 aromatic carbocycles. The van der Waals surface area contributed by atoms with Crippen LogP contribution in [0, 0.1) is 13.8 Å². The van der Waals surface area contributed by atoms with Gasteiger partial charge in [0, 0.05) is 43.8 Å². The maximum atomic E-state index is 4.81. The number of likely N-dealkylation sites (N-methyl/N-ethyl adjacent to an activating group) is 1. The standard InChI is InChI=1S/C20H25N7/c1-13-5-6-16(11-14(13)2)23-19-17-18(22-8-7-21-17)24-20(25-19)27-10-9-26(4)15(3)12-27/h5-8,11,15H,9-10,12H2,1-4H3,(H,22,23,24,25)/t15-/m0/s1. The molecule has 1 aliphatic heterocycles. The van der Waals surface area contributed by atoms with Crippen molar-refractivity contribution in [2.75, 3.05) is 36.9 Å². The number of anilines is 3. The maximum absolute atomic E-state index is 4.81. The molecule has 0 aliphatic carbocycles. The SMILES string of the molecule is Cc1ccc(Nc2nc(N3CCN(C)[C@@H](C)C3)nc3nccnc23)cc1C. The third kappa shape index (κ3) is 3.55. The van der Waals surface area contributed by atoms with Crippen molar-refractivity contribution in [2.45, 2.75) is 26.8 Å². The smallest absolute Gasteiger partial charge is 0.229 e. The van der Waals surface area contributed by atoms with Gasteiger partial charge in [-0.05, 0) is 51.1 Å². The van der Waals surface area contributed by atoms with Crippen molar-refractivity contribution in [3.8, 4) is 0 Å². The number of piperazine rings is 1. The largest absolute Gasteiger partial charge is 0.338 e. The Morgan fingerprint density at radius 1 is 1.04 bits per heavy atom. The second kappa shape index (κ2) is 7.08. The third-order valence-corrected chi connectivity index (χ3v) is 5.33. The lowest BCUT2D eigenvalue weighted by Gasteiger charge is -2.37. The number of nitrogens with zero attached hydrogens (tertiary/aromatic N) is 6. The van der Waals surface area contributed by atoms with Crippen molar-refractivity contribution >= 4 is 28.6 Å². The van der Waals surface area contributed by atoms with Gasteiger partial charge in [-0.2, -0.15) is 9.97 Å². The topological polar surface area (TPSA) is 70.1 Å². The molecule has 3 aromatic rings. The average molecular weight is 363 g/mol. The van der Waals surface area contributed by atoms with Crippen LogP contribution in [-0.4, -0.2) is 57.6 Å². The molecule has 1 atom stereocenters. The highest BCUT2D eigenvalue weighted by molar-refractivity contribution is 5.85. The average Bonchev–Trinajstić information content (AvgIpc) is 2.67. The molecule has 0 bridgehead atoms. The lowest BCUT2D eigenvalue weighted by molar-refractivity contribution is 0.233. The van der Waals surface area contributed by atoms with E-state index in [4.69, 9.17) is 4.98 Å². The summed E-state index contributed by atoms with van der Waals surface area (Å²) in [6, 6.07) is 6.74. The quantitative estimate of drug-likeness (QED) is 0.767. The zero-order chi connectivity index (χ0) is 19.0. The van der Waals surface area contributed by atoms with E-state index in [1.807, 2.05) is 0 Å². The van der Waals surface area contributed by atoms with E-state index in [9.17, 15) is 0 Å². The lowest BCUT2D eigenvalue weighted by Crippen LogP contribution is -2.50. The van der Waals surface area contributed by atoms with Gasteiger partial charge < -0.3 is 15.1 Å². The molecule has 7 nitrogen and oxygen atoms in total. The van der Waals surface area contributed by atoms with Crippen LogP contribution in [0.3, 0.4) is 0 Å². The van der Waals surface area contributed by atoms with E-state index in [1.165, 1.54) is 11.1 Å². The van der Waals surface area contributed by atoms with E-state index in [-0.39, 0.29) is 0 Å². The highest BCUT2D eigenvalue weighted by Crippen LogP contribution is 2.25. The summed E-state index contributed by atoms with van der Waals surface area (Å²) in [4.78, 5) is 22.9. The fraction of sp³-hybridized carbons (Fsp3) is 0.400. The molecule has 0 spiro atoms. The first-order valence-corrected chi connectivity index (χ1v) is 9.29. The Labute approximate surface area is 159 Å². The van der Waals surface area contributed by atoms with Crippen molar-refractivity contribution in [3.63, 3.8) is 0 Å². The molecular weight excluding hydrogens is 338 g/mol. The molecule has 7 heteroatoms. The number of hydrogen-bond donors (Lipinski definition) is 1. The number of hydrogen-bond acceptors (Lipinski definition) is 7. The molecular formula is C20H25N7. The second-order valence-electron chi connectivity index (χ2n) is 7.30. The summed E-state index contributed by atoms with van der Waals surface area (Å²) < 4.78 is 0. The summed E-state index contributed by atoms with van der Waals surface area (Å²) in [5, 5.41) is 3.42. The molecule has 1 N–H and O–H groups in total. The van der Waals surface area contributed by atoms with Gasteiger partial charge in [0.05, 0.1) is 0 Å². The summed E-state index contributed by atoms with van der Waals surface area (Å²) >= 11 is 0. The molecule has 4 rings (SSSR count). The first-order valence-electron chi connectivity index (χ1n) is 9.29. The van der Waals surface area contributed by atoms with E-state index in [2.05, 4.69) is 76.1 Å². The second-order valence-corrected chi connectivity index (χ2v) is 7.30. The Hall–Kier alpha value is -2.80. The van der Waals surface area contributed by atoms with Crippen LogP contribution in [0.25, 0.3) is 11.2 Å². The highest BCUT2D eigenvalue weighted by Gasteiger charge is 2.24. The van der Waals surface area contributed by atoms with Gasteiger partial charge in [-0.3, -0.25) is 0 Å². The molecule has 1 saturated heterocycles. The van der Waals surface area contributed by atoms with Crippen molar-refractivity contribution in [1.29, 1.82) is 0 Å². The van der Waals surface area contributed by atoms with Crippen molar-refractivity contribution in [3.05, 3.63) is 41.7 Å². The first kappa shape index (κ1) is 17.6. The Morgan fingerprint density at radius 2 is 1.85 bits per heavy atom. The Morgan fingerprint density at radius 3 is 2.63 bits per heavy atom. The molecule has 0 radical (unpaired) electrons.